The third-order valence-corrected chi connectivity index (χ3v) is 3.80. The van der Waals surface area contributed by atoms with E-state index < -0.39 is 5.97 Å². The van der Waals surface area contributed by atoms with Crippen molar-refractivity contribution in [2.24, 2.45) is 0 Å². The van der Waals surface area contributed by atoms with Crippen molar-refractivity contribution < 1.29 is 14.7 Å². The molecule has 0 spiro atoms. The Kier molecular flexibility index (Phi) is 6.42. The number of aliphatic carboxylic acids is 1. The predicted octanol–water partition coefficient (Wildman–Crippen LogP) is 2.46. The molecule has 5 heteroatoms. The highest BCUT2D eigenvalue weighted by Crippen LogP contribution is 2.15. The Hall–Kier alpha value is -1.49. The van der Waals surface area contributed by atoms with Gasteiger partial charge in [-0.25, -0.2) is 0 Å². The summed E-state index contributed by atoms with van der Waals surface area (Å²) in [7, 11) is 0. The first-order valence-corrected chi connectivity index (χ1v) is 7.21. The van der Waals surface area contributed by atoms with E-state index in [9.17, 15) is 9.59 Å². The number of thioether (sulfide) groups is 1. The van der Waals surface area contributed by atoms with Crippen LogP contribution in [-0.4, -0.2) is 28.0 Å². The number of carboxylic acid groups (broad SMARTS) is 1. The minimum absolute atomic E-state index is 0.0379. The number of benzene rings is 1. The molecule has 0 bridgehead atoms. The molecule has 1 rings (SSSR count). The van der Waals surface area contributed by atoms with Crippen molar-refractivity contribution in [3.05, 3.63) is 35.9 Å². The number of carbonyl (C=O) groups excluding carboxylic acids is 1. The summed E-state index contributed by atoms with van der Waals surface area (Å²) < 4.78 is 0. The van der Waals surface area contributed by atoms with Crippen molar-refractivity contribution >= 4 is 23.6 Å². The van der Waals surface area contributed by atoms with Crippen LogP contribution in [0, 0.1) is 0 Å². The molecule has 0 aliphatic rings. The van der Waals surface area contributed by atoms with E-state index in [4.69, 9.17) is 5.11 Å². The van der Waals surface area contributed by atoms with Gasteiger partial charge in [-0.05, 0) is 12.5 Å². The lowest BCUT2D eigenvalue weighted by Crippen LogP contribution is -2.28. The second-order valence-corrected chi connectivity index (χ2v) is 5.85. The minimum atomic E-state index is -0.835. The number of rotatable bonds is 7. The fourth-order valence-electron chi connectivity index (χ4n) is 1.63. The zero-order valence-corrected chi connectivity index (χ0v) is 11.9. The molecule has 0 saturated heterocycles. The number of amides is 1. The Balaban J connectivity index is 2.33. The van der Waals surface area contributed by atoms with Gasteiger partial charge in [-0.15, -0.1) is 11.8 Å². The molecule has 2 unspecified atom stereocenters. The summed E-state index contributed by atoms with van der Waals surface area (Å²) in [6.45, 7) is 3.74. The van der Waals surface area contributed by atoms with E-state index in [0.29, 0.717) is 0 Å². The SMILES string of the molecule is CC(CC(=O)O)SCC(=O)NC(C)c1ccccc1. The van der Waals surface area contributed by atoms with E-state index >= 15 is 0 Å². The van der Waals surface area contributed by atoms with Gasteiger partial charge in [0.25, 0.3) is 0 Å². The Morgan fingerprint density at radius 3 is 2.47 bits per heavy atom. The molecule has 1 aromatic rings. The second-order valence-electron chi connectivity index (χ2n) is 4.42. The lowest BCUT2D eigenvalue weighted by atomic mass is 10.1. The number of carboxylic acids is 1. The van der Waals surface area contributed by atoms with Crippen LogP contribution in [0.4, 0.5) is 0 Å². The average Bonchev–Trinajstić information content (AvgIpc) is 2.36. The average molecular weight is 281 g/mol. The maximum atomic E-state index is 11.7. The lowest BCUT2D eigenvalue weighted by molar-refractivity contribution is -0.136. The molecule has 0 saturated carbocycles. The maximum absolute atomic E-state index is 11.7. The first-order chi connectivity index (χ1) is 8.99. The molecule has 0 aromatic heterocycles. The topological polar surface area (TPSA) is 66.4 Å². The molecule has 104 valence electrons. The van der Waals surface area contributed by atoms with E-state index in [0.717, 1.165) is 5.56 Å². The van der Waals surface area contributed by atoms with E-state index in [-0.39, 0.29) is 29.4 Å². The Morgan fingerprint density at radius 2 is 1.89 bits per heavy atom. The van der Waals surface area contributed by atoms with Crippen LogP contribution in [0.25, 0.3) is 0 Å². The lowest BCUT2D eigenvalue weighted by Gasteiger charge is -2.15. The molecule has 0 aliphatic heterocycles. The Bertz CT molecular complexity index is 422. The van der Waals surface area contributed by atoms with E-state index in [1.807, 2.05) is 44.2 Å². The molecule has 0 fully saturated rings. The standard InChI is InChI=1S/C14H19NO3S/c1-10(8-14(17)18)19-9-13(16)15-11(2)12-6-4-3-5-7-12/h3-7,10-11H,8-9H2,1-2H3,(H,15,16)(H,17,18). The van der Waals surface area contributed by atoms with Crippen LogP contribution in [0.5, 0.6) is 0 Å². The Morgan fingerprint density at radius 1 is 1.26 bits per heavy atom. The second kappa shape index (κ2) is 7.84. The highest BCUT2D eigenvalue weighted by Gasteiger charge is 2.13. The molecule has 2 N–H and O–H groups in total. The van der Waals surface area contributed by atoms with Crippen LogP contribution >= 0.6 is 11.8 Å². The number of carbonyl (C=O) groups is 2. The number of nitrogens with one attached hydrogen (secondary N) is 1. The Labute approximate surface area is 117 Å². The van der Waals surface area contributed by atoms with E-state index in [2.05, 4.69) is 5.32 Å². The monoisotopic (exact) mass is 281 g/mol. The van der Waals surface area contributed by atoms with Crippen molar-refractivity contribution in [2.75, 3.05) is 5.75 Å². The zero-order chi connectivity index (χ0) is 14.3. The van der Waals surface area contributed by atoms with Crippen molar-refractivity contribution in [2.45, 2.75) is 31.6 Å². The van der Waals surface area contributed by atoms with Gasteiger partial charge >= 0.3 is 5.97 Å². The van der Waals surface area contributed by atoms with Crippen molar-refractivity contribution in [3.63, 3.8) is 0 Å². The van der Waals surface area contributed by atoms with Gasteiger partial charge in [0.1, 0.15) is 0 Å². The first-order valence-electron chi connectivity index (χ1n) is 6.16. The summed E-state index contributed by atoms with van der Waals surface area (Å²) in [5, 5.41) is 11.5. The summed E-state index contributed by atoms with van der Waals surface area (Å²) in [5.74, 6) is -0.623. The summed E-state index contributed by atoms with van der Waals surface area (Å²) in [5.41, 5.74) is 1.06. The van der Waals surface area contributed by atoms with Crippen molar-refractivity contribution in [1.29, 1.82) is 0 Å². The highest BCUT2D eigenvalue weighted by molar-refractivity contribution is 8.00. The molecule has 0 radical (unpaired) electrons. The summed E-state index contributed by atoms with van der Waals surface area (Å²) in [4.78, 5) is 22.2. The zero-order valence-electron chi connectivity index (χ0n) is 11.1. The molecule has 2 atom stereocenters. The fourth-order valence-corrected chi connectivity index (χ4v) is 2.41. The van der Waals surface area contributed by atoms with Crippen LogP contribution in [0.3, 0.4) is 0 Å². The van der Waals surface area contributed by atoms with Crippen molar-refractivity contribution in [1.82, 2.24) is 5.32 Å². The summed E-state index contributed by atoms with van der Waals surface area (Å²) >= 11 is 1.36. The number of hydrogen-bond donors (Lipinski definition) is 2. The highest BCUT2D eigenvalue weighted by atomic mass is 32.2. The molecule has 1 amide bonds. The van der Waals surface area contributed by atoms with Gasteiger partial charge in [0.05, 0.1) is 18.2 Å². The molecule has 4 nitrogen and oxygen atoms in total. The molecule has 0 aliphatic carbocycles. The van der Waals surface area contributed by atoms with Crippen LogP contribution in [0.1, 0.15) is 31.9 Å². The van der Waals surface area contributed by atoms with Crippen molar-refractivity contribution in [3.8, 4) is 0 Å². The van der Waals surface area contributed by atoms with Crippen LogP contribution in [0.15, 0.2) is 30.3 Å². The summed E-state index contributed by atoms with van der Waals surface area (Å²) in [6, 6.07) is 9.69. The third kappa shape index (κ3) is 6.29. The largest absolute Gasteiger partial charge is 0.481 e. The van der Waals surface area contributed by atoms with Gasteiger partial charge in [-0.1, -0.05) is 37.3 Å². The van der Waals surface area contributed by atoms with Gasteiger partial charge in [0.15, 0.2) is 0 Å². The number of hydrogen-bond acceptors (Lipinski definition) is 3. The van der Waals surface area contributed by atoms with Crippen LogP contribution in [-0.2, 0) is 9.59 Å². The van der Waals surface area contributed by atoms with Gasteiger partial charge in [-0.3, -0.25) is 9.59 Å². The van der Waals surface area contributed by atoms with Gasteiger partial charge in [0.2, 0.25) is 5.91 Å². The normalized spacial score (nSPS) is 13.6. The van der Waals surface area contributed by atoms with E-state index in [1.54, 1.807) is 0 Å². The van der Waals surface area contributed by atoms with E-state index in [1.165, 1.54) is 11.8 Å². The predicted molar refractivity (Wildman–Crippen MR) is 77.2 cm³/mol. The van der Waals surface area contributed by atoms with Crippen LogP contribution in [0.2, 0.25) is 0 Å². The van der Waals surface area contributed by atoms with Gasteiger partial charge in [-0.2, -0.15) is 0 Å². The third-order valence-electron chi connectivity index (χ3n) is 2.64. The molecule has 0 heterocycles. The summed E-state index contributed by atoms with van der Waals surface area (Å²) in [6.07, 6.45) is 0.0756. The van der Waals surface area contributed by atoms with Gasteiger partial charge in [0, 0.05) is 5.25 Å². The maximum Gasteiger partial charge on any atom is 0.304 e. The fraction of sp³-hybridized carbons (Fsp3) is 0.429. The minimum Gasteiger partial charge on any atom is -0.481 e. The molecule has 19 heavy (non-hydrogen) atoms. The molecule has 1 aromatic carbocycles. The smallest absolute Gasteiger partial charge is 0.304 e. The quantitative estimate of drug-likeness (QED) is 0.805. The first kappa shape index (κ1) is 15.6. The van der Waals surface area contributed by atoms with Crippen LogP contribution < -0.4 is 5.32 Å². The molecular formula is C14H19NO3S. The molecular weight excluding hydrogens is 262 g/mol. The van der Waals surface area contributed by atoms with Gasteiger partial charge < -0.3 is 10.4 Å².